The molecule has 0 spiro atoms. The van der Waals surface area contributed by atoms with Crippen LogP contribution in [0.3, 0.4) is 0 Å². The van der Waals surface area contributed by atoms with Crippen LogP contribution in [0.4, 0.5) is 4.39 Å². The first-order valence-electron chi connectivity index (χ1n) is 5.46. The van der Waals surface area contributed by atoms with Gasteiger partial charge in [-0.3, -0.25) is 4.98 Å². The van der Waals surface area contributed by atoms with E-state index in [1.165, 1.54) is 13.3 Å². The number of halogens is 2. The van der Waals surface area contributed by atoms with Gasteiger partial charge in [-0.15, -0.1) is 0 Å². The number of rotatable bonds is 4. The van der Waals surface area contributed by atoms with Gasteiger partial charge in [0.25, 0.3) is 0 Å². The van der Waals surface area contributed by atoms with Crippen LogP contribution in [0.2, 0.25) is 5.02 Å². The summed E-state index contributed by atoms with van der Waals surface area (Å²) in [6.07, 6.45) is 1.38. The number of aromatic nitrogens is 1. The molecule has 2 aromatic rings. The zero-order chi connectivity index (χ0) is 13.8. The molecule has 0 saturated heterocycles. The largest absolute Gasteiger partial charge is 0.493 e. The highest BCUT2D eigenvalue weighted by atomic mass is 35.5. The summed E-state index contributed by atoms with van der Waals surface area (Å²) in [7, 11) is 1.47. The van der Waals surface area contributed by atoms with Crippen molar-refractivity contribution in [2.75, 3.05) is 20.4 Å². The molecule has 0 fully saturated rings. The number of benzene rings is 1. The summed E-state index contributed by atoms with van der Waals surface area (Å²) in [6.45, 7) is -0.658. The molecular weight excluding hydrogens is 271 g/mol. The first-order chi connectivity index (χ1) is 9.21. The summed E-state index contributed by atoms with van der Waals surface area (Å²) in [5, 5.41) is 9.80. The van der Waals surface area contributed by atoms with Crippen LogP contribution in [0.5, 0.6) is 11.5 Å². The van der Waals surface area contributed by atoms with Gasteiger partial charge < -0.3 is 9.47 Å². The molecule has 0 aliphatic rings. The zero-order valence-corrected chi connectivity index (χ0v) is 10.9. The van der Waals surface area contributed by atoms with Crippen molar-refractivity contribution in [2.24, 2.45) is 0 Å². The maximum atomic E-state index is 12.2. The highest BCUT2D eigenvalue weighted by molar-refractivity contribution is 6.36. The Bertz CT molecular complexity index is 655. The SMILES string of the molecule is COc1cc2c(Cl)c(C#N)cnc2cc1OCCF. The highest BCUT2D eigenvalue weighted by Crippen LogP contribution is 2.35. The fourth-order valence-electron chi connectivity index (χ4n) is 1.67. The molecular formula is C13H10ClFN2O2. The number of methoxy groups -OCH3 is 1. The second-order valence-electron chi connectivity index (χ2n) is 3.66. The fourth-order valence-corrected chi connectivity index (χ4v) is 1.91. The minimum absolute atomic E-state index is 0.0636. The third-order valence-electron chi connectivity index (χ3n) is 2.54. The number of pyridine rings is 1. The number of ether oxygens (including phenoxy) is 2. The lowest BCUT2D eigenvalue weighted by Crippen LogP contribution is -2.01. The van der Waals surface area contributed by atoms with E-state index in [1.54, 1.807) is 12.1 Å². The van der Waals surface area contributed by atoms with Crippen LogP contribution in [-0.4, -0.2) is 25.4 Å². The molecule has 98 valence electrons. The fraction of sp³-hybridized carbons (Fsp3) is 0.231. The normalized spacial score (nSPS) is 10.2. The molecule has 1 heterocycles. The van der Waals surface area contributed by atoms with Gasteiger partial charge in [-0.05, 0) is 6.07 Å². The first kappa shape index (κ1) is 13.4. The quantitative estimate of drug-likeness (QED) is 0.863. The molecule has 0 amide bonds. The van der Waals surface area contributed by atoms with Gasteiger partial charge in [0, 0.05) is 17.6 Å². The molecule has 6 heteroatoms. The molecule has 0 radical (unpaired) electrons. The van der Waals surface area contributed by atoms with Crippen molar-refractivity contribution in [3.63, 3.8) is 0 Å². The van der Waals surface area contributed by atoms with E-state index < -0.39 is 6.67 Å². The van der Waals surface area contributed by atoms with E-state index in [4.69, 9.17) is 26.3 Å². The molecule has 0 N–H and O–H groups in total. The second-order valence-corrected chi connectivity index (χ2v) is 4.03. The topological polar surface area (TPSA) is 55.1 Å². The number of hydrogen-bond acceptors (Lipinski definition) is 4. The Kier molecular flexibility index (Phi) is 4.03. The minimum Gasteiger partial charge on any atom is -0.493 e. The summed E-state index contributed by atoms with van der Waals surface area (Å²) < 4.78 is 22.5. The van der Waals surface area contributed by atoms with Crippen LogP contribution in [0.25, 0.3) is 10.9 Å². The van der Waals surface area contributed by atoms with E-state index in [0.29, 0.717) is 27.4 Å². The van der Waals surface area contributed by atoms with Crippen LogP contribution in [0.15, 0.2) is 18.3 Å². The zero-order valence-electron chi connectivity index (χ0n) is 10.1. The molecule has 4 nitrogen and oxygen atoms in total. The van der Waals surface area contributed by atoms with E-state index in [2.05, 4.69) is 4.98 Å². The average molecular weight is 281 g/mol. The van der Waals surface area contributed by atoms with Crippen LogP contribution in [0.1, 0.15) is 5.56 Å². The average Bonchev–Trinajstić information content (AvgIpc) is 2.44. The molecule has 19 heavy (non-hydrogen) atoms. The summed E-state index contributed by atoms with van der Waals surface area (Å²) in [5.74, 6) is 0.806. The smallest absolute Gasteiger partial charge is 0.163 e. The van der Waals surface area contributed by atoms with E-state index >= 15 is 0 Å². The predicted molar refractivity (Wildman–Crippen MR) is 69.5 cm³/mol. The maximum absolute atomic E-state index is 12.2. The standard InChI is InChI=1S/C13H10ClFN2O2/c1-18-11-4-9-10(5-12(11)19-3-2-15)17-7-8(6-16)13(9)14/h4-5,7H,2-3H2,1H3. The van der Waals surface area contributed by atoms with Crippen molar-refractivity contribution in [3.8, 4) is 17.6 Å². The molecule has 2 rings (SSSR count). The van der Waals surface area contributed by atoms with Crippen molar-refractivity contribution < 1.29 is 13.9 Å². The van der Waals surface area contributed by atoms with Crippen molar-refractivity contribution in [1.82, 2.24) is 4.98 Å². The molecule has 1 aromatic carbocycles. The molecule has 0 unspecified atom stereocenters. The summed E-state index contributed by atoms with van der Waals surface area (Å²) in [6, 6.07) is 5.19. The highest BCUT2D eigenvalue weighted by Gasteiger charge is 2.12. The van der Waals surface area contributed by atoms with Gasteiger partial charge in [0.15, 0.2) is 11.5 Å². The van der Waals surface area contributed by atoms with Crippen molar-refractivity contribution >= 4 is 22.5 Å². The number of nitriles is 1. The Morgan fingerprint density at radius 2 is 2.21 bits per heavy atom. The minimum atomic E-state index is -0.594. The summed E-state index contributed by atoms with van der Waals surface area (Å²) in [4.78, 5) is 4.12. The van der Waals surface area contributed by atoms with Gasteiger partial charge in [0.1, 0.15) is 19.4 Å². The Balaban J connectivity index is 2.60. The molecule has 0 aliphatic heterocycles. The van der Waals surface area contributed by atoms with Crippen molar-refractivity contribution in [2.45, 2.75) is 0 Å². The van der Waals surface area contributed by atoms with Crippen LogP contribution >= 0.6 is 11.6 Å². The van der Waals surface area contributed by atoms with Gasteiger partial charge in [0.05, 0.1) is 23.2 Å². The monoisotopic (exact) mass is 280 g/mol. The maximum Gasteiger partial charge on any atom is 0.163 e. The molecule has 0 bridgehead atoms. The molecule has 0 atom stereocenters. The number of fused-ring (bicyclic) bond motifs is 1. The Hall–Kier alpha value is -2.06. The lowest BCUT2D eigenvalue weighted by atomic mass is 10.1. The van der Waals surface area contributed by atoms with Crippen LogP contribution < -0.4 is 9.47 Å². The van der Waals surface area contributed by atoms with E-state index in [1.807, 2.05) is 6.07 Å². The van der Waals surface area contributed by atoms with E-state index in [-0.39, 0.29) is 12.2 Å². The Morgan fingerprint density at radius 3 is 2.84 bits per heavy atom. The third kappa shape index (κ3) is 2.54. The number of nitrogens with zero attached hydrogens (tertiary/aromatic N) is 2. The van der Waals surface area contributed by atoms with Gasteiger partial charge in [-0.2, -0.15) is 5.26 Å². The van der Waals surface area contributed by atoms with Crippen molar-refractivity contribution in [1.29, 1.82) is 5.26 Å². The van der Waals surface area contributed by atoms with E-state index in [0.717, 1.165) is 0 Å². The second kappa shape index (κ2) is 5.72. The van der Waals surface area contributed by atoms with E-state index in [9.17, 15) is 4.39 Å². The Morgan fingerprint density at radius 1 is 1.42 bits per heavy atom. The Labute approximate surface area is 114 Å². The molecule has 0 saturated carbocycles. The summed E-state index contributed by atoms with van der Waals surface area (Å²) >= 11 is 6.11. The first-order valence-corrected chi connectivity index (χ1v) is 5.84. The molecule has 1 aromatic heterocycles. The predicted octanol–water partition coefficient (Wildman–Crippen LogP) is 3.12. The molecule has 0 aliphatic carbocycles. The van der Waals surface area contributed by atoms with Gasteiger partial charge in [-0.1, -0.05) is 11.6 Å². The van der Waals surface area contributed by atoms with Gasteiger partial charge in [-0.25, -0.2) is 4.39 Å². The lowest BCUT2D eigenvalue weighted by molar-refractivity contribution is 0.260. The van der Waals surface area contributed by atoms with Gasteiger partial charge in [0.2, 0.25) is 0 Å². The van der Waals surface area contributed by atoms with Crippen LogP contribution in [-0.2, 0) is 0 Å². The number of alkyl halides is 1. The number of hydrogen-bond donors (Lipinski definition) is 0. The summed E-state index contributed by atoms with van der Waals surface area (Å²) in [5.41, 5.74) is 0.840. The van der Waals surface area contributed by atoms with Crippen LogP contribution in [0, 0.1) is 11.3 Å². The lowest BCUT2D eigenvalue weighted by Gasteiger charge is -2.11. The van der Waals surface area contributed by atoms with Crippen molar-refractivity contribution in [3.05, 3.63) is 28.9 Å². The third-order valence-corrected chi connectivity index (χ3v) is 2.95. The van der Waals surface area contributed by atoms with Gasteiger partial charge >= 0.3 is 0 Å².